The van der Waals surface area contributed by atoms with Crippen LogP contribution in [0.2, 0.25) is 0 Å². The Labute approximate surface area is 144 Å². The minimum absolute atomic E-state index is 0.423. The monoisotopic (exact) mass is 330 g/mol. The lowest BCUT2D eigenvalue weighted by molar-refractivity contribution is 0.608. The van der Waals surface area contributed by atoms with Crippen LogP contribution in [0.25, 0.3) is 33.1 Å². The fraction of sp³-hybridized carbons (Fsp3) is 0.263. The highest BCUT2D eigenvalue weighted by Gasteiger charge is 2.36. The Morgan fingerprint density at radius 1 is 1.20 bits per heavy atom. The third-order valence-electron chi connectivity index (χ3n) is 5.02. The van der Waals surface area contributed by atoms with E-state index >= 15 is 0 Å². The molecule has 2 N–H and O–H groups in total. The molecule has 6 nitrogen and oxygen atoms in total. The Morgan fingerprint density at radius 3 is 3.00 bits per heavy atom. The number of fused-ring (bicyclic) bond motifs is 2. The highest BCUT2D eigenvalue weighted by molar-refractivity contribution is 5.96. The van der Waals surface area contributed by atoms with E-state index in [1.807, 2.05) is 24.7 Å². The normalized spacial score (nSPS) is 15.6. The Morgan fingerprint density at radius 2 is 2.12 bits per heavy atom. The van der Waals surface area contributed by atoms with E-state index in [2.05, 4.69) is 49.3 Å². The molecule has 1 aromatic carbocycles. The van der Waals surface area contributed by atoms with E-state index in [-0.39, 0.29) is 0 Å². The summed E-state index contributed by atoms with van der Waals surface area (Å²) in [4.78, 5) is 20.7. The van der Waals surface area contributed by atoms with Gasteiger partial charge in [-0.05, 0) is 36.0 Å². The molecular weight excluding hydrogens is 312 g/mol. The summed E-state index contributed by atoms with van der Waals surface area (Å²) >= 11 is 0. The summed E-state index contributed by atoms with van der Waals surface area (Å²) in [5.41, 5.74) is 4.39. The van der Waals surface area contributed by atoms with Crippen molar-refractivity contribution in [3.63, 3.8) is 0 Å². The molecule has 5 rings (SSSR count). The van der Waals surface area contributed by atoms with Crippen molar-refractivity contribution in [2.75, 3.05) is 11.9 Å². The number of aromatic nitrogens is 5. The van der Waals surface area contributed by atoms with Crippen molar-refractivity contribution in [2.45, 2.75) is 19.8 Å². The van der Waals surface area contributed by atoms with E-state index < -0.39 is 0 Å². The lowest BCUT2D eigenvalue weighted by atomic mass is 10.0. The molecule has 124 valence electrons. The van der Waals surface area contributed by atoms with Crippen LogP contribution < -0.4 is 5.32 Å². The Kier molecular flexibility index (Phi) is 3.00. The molecule has 0 amide bonds. The Hall–Kier alpha value is -3.02. The van der Waals surface area contributed by atoms with Gasteiger partial charge in [-0.15, -0.1) is 0 Å². The van der Waals surface area contributed by atoms with Gasteiger partial charge in [-0.25, -0.2) is 15.0 Å². The molecule has 1 aliphatic carbocycles. The molecule has 25 heavy (non-hydrogen) atoms. The second kappa shape index (κ2) is 5.24. The third-order valence-corrected chi connectivity index (χ3v) is 5.02. The fourth-order valence-corrected chi connectivity index (χ4v) is 3.07. The second-order valence-electron chi connectivity index (χ2n) is 7.12. The van der Waals surface area contributed by atoms with Gasteiger partial charge in [0.05, 0.1) is 5.52 Å². The number of H-pyrrole nitrogens is 1. The van der Waals surface area contributed by atoms with Crippen molar-refractivity contribution in [3.8, 4) is 11.1 Å². The average molecular weight is 330 g/mol. The summed E-state index contributed by atoms with van der Waals surface area (Å²) in [7, 11) is 0. The van der Waals surface area contributed by atoms with Crippen LogP contribution in [-0.4, -0.2) is 31.5 Å². The number of rotatable bonds is 4. The summed E-state index contributed by atoms with van der Waals surface area (Å²) in [5.74, 6) is 0.681. The van der Waals surface area contributed by atoms with E-state index in [0.717, 1.165) is 39.6 Å². The quantitative estimate of drug-likeness (QED) is 0.595. The van der Waals surface area contributed by atoms with Gasteiger partial charge in [-0.3, -0.25) is 0 Å². The van der Waals surface area contributed by atoms with Crippen molar-refractivity contribution in [1.29, 1.82) is 0 Å². The third kappa shape index (κ3) is 2.59. The SMILES string of the molecule is CC1(CNc2ncc3c(-c4ccc5ncncc5c4)c[nH]c3n2)CC1. The van der Waals surface area contributed by atoms with Gasteiger partial charge in [-0.2, -0.15) is 4.98 Å². The van der Waals surface area contributed by atoms with Crippen molar-refractivity contribution in [3.05, 3.63) is 43.1 Å². The summed E-state index contributed by atoms with van der Waals surface area (Å²) < 4.78 is 0. The zero-order chi connectivity index (χ0) is 16.9. The van der Waals surface area contributed by atoms with Gasteiger partial charge in [0.15, 0.2) is 0 Å². The molecule has 6 heteroatoms. The zero-order valence-corrected chi connectivity index (χ0v) is 14.0. The van der Waals surface area contributed by atoms with E-state index in [1.165, 1.54) is 12.8 Å². The number of anilines is 1. The molecule has 0 aliphatic heterocycles. The Bertz CT molecular complexity index is 1080. The first-order valence-electron chi connectivity index (χ1n) is 8.48. The number of hydrogen-bond acceptors (Lipinski definition) is 5. The van der Waals surface area contributed by atoms with E-state index in [9.17, 15) is 0 Å². The standard InChI is InChI=1S/C19H18N6/c1-19(4-5-19)10-23-18-22-9-15-14(8-21-17(15)25-18)12-2-3-16-13(6-12)7-20-11-24-16/h2-3,6-9,11H,4-5,10H2,1H3,(H2,21,22,23,25). The number of nitrogens with one attached hydrogen (secondary N) is 2. The van der Waals surface area contributed by atoms with Crippen LogP contribution in [0.5, 0.6) is 0 Å². The van der Waals surface area contributed by atoms with Crippen LogP contribution in [0.1, 0.15) is 19.8 Å². The van der Waals surface area contributed by atoms with Gasteiger partial charge < -0.3 is 10.3 Å². The van der Waals surface area contributed by atoms with Gasteiger partial charge in [-0.1, -0.05) is 13.0 Å². The van der Waals surface area contributed by atoms with Gasteiger partial charge >= 0.3 is 0 Å². The van der Waals surface area contributed by atoms with E-state index in [0.29, 0.717) is 11.4 Å². The summed E-state index contributed by atoms with van der Waals surface area (Å²) in [6, 6.07) is 6.17. The first kappa shape index (κ1) is 14.3. The molecule has 0 saturated heterocycles. The van der Waals surface area contributed by atoms with Crippen molar-refractivity contribution in [2.24, 2.45) is 5.41 Å². The first-order valence-corrected chi connectivity index (χ1v) is 8.48. The maximum absolute atomic E-state index is 4.61. The molecule has 3 aromatic heterocycles. The zero-order valence-electron chi connectivity index (χ0n) is 14.0. The van der Waals surface area contributed by atoms with Crippen LogP contribution in [-0.2, 0) is 0 Å². The minimum atomic E-state index is 0.423. The number of benzene rings is 1. The van der Waals surface area contributed by atoms with E-state index in [1.54, 1.807) is 6.33 Å². The predicted octanol–water partition coefficient (Wildman–Crippen LogP) is 3.78. The second-order valence-corrected chi connectivity index (χ2v) is 7.12. The molecule has 0 radical (unpaired) electrons. The van der Waals surface area contributed by atoms with Crippen molar-refractivity contribution in [1.82, 2.24) is 24.9 Å². The minimum Gasteiger partial charge on any atom is -0.354 e. The van der Waals surface area contributed by atoms with Gasteiger partial charge in [0, 0.05) is 41.5 Å². The molecule has 0 bridgehead atoms. The van der Waals surface area contributed by atoms with Crippen LogP contribution >= 0.6 is 0 Å². The highest BCUT2D eigenvalue weighted by Crippen LogP contribution is 2.44. The van der Waals surface area contributed by atoms with Gasteiger partial charge in [0.25, 0.3) is 0 Å². The molecule has 1 aliphatic rings. The molecular formula is C19H18N6. The predicted molar refractivity (Wildman–Crippen MR) is 98.3 cm³/mol. The van der Waals surface area contributed by atoms with Crippen molar-refractivity contribution < 1.29 is 0 Å². The largest absolute Gasteiger partial charge is 0.354 e. The number of nitrogens with zero attached hydrogens (tertiary/aromatic N) is 4. The van der Waals surface area contributed by atoms with E-state index in [4.69, 9.17) is 0 Å². The smallest absolute Gasteiger partial charge is 0.224 e. The summed E-state index contributed by atoms with van der Waals surface area (Å²) in [6.45, 7) is 3.21. The van der Waals surface area contributed by atoms with Crippen LogP contribution in [0.3, 0.4) is 0 Å². The highest BCUT2D eigenvalue weighted by atomic mass is 15.1. The maximum Gasteiger partial charge on any atom is 0.224 e. The molecule has 4 aromatic rings. The Balaban J connectivity index is 1.50. The maximum atomic E-state index is 4.61. The molecule has 0 unspecified atom stereocenters. The number of hydrogen-bond donors (Lipinski definition) is 2. The van der Waals surface area contributed by atoms with Gasteiger partial charge in [0.1, 0.15) is 12.0 Å². The van der Waals surface area contributed by atoms with Gasteiger partial charge in [0.2, 0.25) is 5.95 Å². The molecule has 1 saturated carbocycles. The lowest BCUT2D eigenvalue weighted by Gasteiger charge is -2.09. The average Bonchev–Trinajstić information content (AvgIpc) is 3.24. The molecule has 3 heterocycles. The van der Waals surface area contributed by atoms with Crippen LogP contribution in [0.15, 0.2) is 43.1 Å². The van der Waals surface area contributed by atoms with Crippen LogP contribution in [0.4, 0.5) is 5.95 Å². The first-order chi connectivity index (χ1) is 12.2. The van der Waals surface area contributed by atoms with Crippen LogP contribution in [0, 0.1) is 5.41 Å². The fourth-order valence-electron chi connectivity index (χ4n) is 3.07. The topological polar surface area (TPSA) is 79.4 Å². The summed E-state index contributed by atoms with van der Waals surface area (Å²) in [6.07, 6.45) is 9.82. The molecule has 0 spiro atoms. The lowest BCUT2D eigenvalue weighted by Crippen LogP contribution is -2.13. The summed E-state index contributed by atoms with van der Waals surface area (Å²) in [5, 5.41) is 5.39. The van der Waals surface area contributed by atoms with Crippen molar-refractivity contribution >= 4 is 27.9 Å². The molecule has 1 fully saturated rings. The molecule has 0 atom stereocenters. The number of aromatic amines is 1.